The van der Waals surface area contributed by atoms with Crippen LogP contribution < -0.4 is 0 Å². The van der Waals surface area contributed by atoms with Gasteiger partial charge >= 0.3 is 0 Å². The monoisotopic (exact) mass is 236 g/mol. The van der Waals surface area contributed by atoms with E-state index in [2.05, 4.69) is 30.3 Å². The minimum atomic E-state index is -0.185. The lowest BCUT2D eigenvalue weighted by Crippen LogP contribution is -2.18. The maximum atomic E-state index is 9.14. The van der Waals surface area contributed by atoms with E-state index in [0.717, 1.165) is 5.56 Å². The van der Waals surface area contributed by atoms with Crippen LogP contribution in [0.1, 0.15) is 11.6 Å². The molecular weight excluding hydrogens is 220 g/mol. The third-order valence-corrected chi connectivity index (χ3v) is 2.97. The van der Waals surface area contributed by atoms with Crippen molar-refractivity contribution in [3.63, 3.8) is 0 Å². The van der Waals surface area contributed by atoms with Crippen molar-refractivity contribution in [3.05, 3.63) is 60.2 Å². The minimum absolute atomic E-state index is 0.185. The van der Waals surface area contributed by atoms with E-state index in [0.29, 0.717) is 0 Å². The van der Waals surface area contributed by atoms with Gasteiger partial charge in [-0.2, -0.15) is 5.26 Å². The molecule has 0 heterocycles. The molecule has 1 unspecified atom stereocenters. The molecule has 0 aliphatic heterocycles. The van der Waals surface area contributed by atoms with Gasteiger partial charge in [-0.1, -0.05) is 54.6 Å². The Kier molecular flexibility index (Phi) is 3.76. The molecule has 0 fully saturated rings. The summed E-state index contributed by atoms with van der Waals surface area (Å²) in [4.78, 5) is 1.91. The molecule has 2 rings (SSSR count). The number of hydrogen-bond acceptors (Lipinski definition) is 2. The standard InChI is InChI=1S/C16H16N2/c1-18(2)16(12-17)15-10-8-14(9-11-15)13-6-4-3-5-7-13/h3-11,16H,1-2H3. The van der Waals surface area contributed by atoms with Crippen molar-refractivity contribution in [2.24, 2.45) is 0 Å². The molecule has 0 spiro atoms. The lowest BCUT2D eigenvalue weighted by molar-refractivity contribution is 0.358. The van der Waals surface area contributed by atoms with Gasteiger partial charge in [0.05, 0.1) is 6.07 Å². The van der Waals surface area contributed by atoms with Crippen molar-refractivity contribution in [2.45, 2.75) is 6.04 Å². The van der Waals surface area contributed by atoms with Gasteiger partial charge in [-0.3, -0.25) is 4.90 Å². The zero-order chi connectivity index (χ0) is 13.0. The smallest absolute Gasteiger partial charge is 0.123 e. The lowest BCUT2D eigenvalue weighted by Gasteiger charge is -2.17. The fourth-order valence-corrected chi connectivity index (χ4v) is 1.98. The summed E-state index contributed by atoms with van der Waals surface area (Å²) in [5.74, 6) is 0. The summed E-state index contributed by atoms with van der Waals surface area (Å²) in [6.45, 7) is 0. The summed E-state index contributed by atoms with van der Waals surface area (Å²) in [5, 5.41) is 9.14. The molecule has 0 bridgehead atoms. The Balaban J connectivity index is 2.29. The van der Waals surface area contributed by atoms with Crippen molar-refractivity contribution in [1.82, 2.24) is 4.90 Å². The quantitative estimate of drug-likeness (QED) is 0.815. The van der Waals surface area contributed by atoms with E-state index in [4.69, 9.17) is 5.26 Å². The largest absolute Gasteiger partial charge is 0.291 e. The van der Waals surface area contributed by atoms with Crippen molar-refractivity contribution in [1.29, 1.82) is 5.26 Å². The van der Waals surface area contributed by atoms with Gasteiger partial charge in [-0.05, 0) is 30.8 Å². The van der Waals surface area contributed by atoms with Crippen LogP contribution in [0, 0.1) is 11.3 Å². The Morgan fingerprint density at radius 3 is 1.94 bits per heavy atom. The van der Waals surface area contributed by atoms with Gasteiger partial charge in [0.1, 0.15) is 6.04 Å². The molecule has 90 valence electrons. The molecule has 0 aliphatic rings. The molecule has 1 atom stereocenters. The molecule has 0 aromatic heterocycles. The number of nitrogens with zero attached hydrogens (tertiary/aromatic N) is 2. The fourth-order valence-electron chi connectivity index (χ4n) is 1.98. The second-order valence-electron chi connectivity index (χ2n) is 4.48. The molecule has 0 aliphatic carbocycles. The third-order valence-electron chi connectivity index (χ3n) is 2.97. The maximum Gasteiger partial charge on any atom is 0.123 e. The highest BCUT2D eigenvalue weighted by atomic mass is 15.1. The van der Waals surface area contributed by atoms with Crippen LogP contribution in [-0.4, -0.2) is 19.0 Å². The van der Waals surface area contributed by atoms with Gasteiger partial charge in [0, 0.05) is 0 Å². The van der Waals surface area contributed by atoms with Crippen LogP contribution in [0.5, 0.6) is 0 Å². The first-order valence-corrected chi connectivity index (χ1v) is 5.94. The van der Waals surface area contributed by atoms with Crippen molar-refractivity contribution in [2.75, 3.05) is 14.1 Å². The average molecular weight is 236 g/mol. The number of nitriles is 1. The van der Waals surface area contributed by atoms with Crippen LogP contribution in [0.15, 0.2) is 54.6 Å². The molecule has 0 radical (unpaired) electrons. The van der Waals surface area contributed by atoms with Crippen LogP contribution in [0.4, 0.5) is 0 Å². The highest BCUT2D eigenvalue weighted by molar-refractivity contribution is 5.63. The number of benzene rings is 2. The van der Waals surface area contributed by atoms with Crippen LogP contribution in [0.2, 0.25) is 0 Å². The van der Waals surface area contributed by atoms with Crippen LogP contribution in [0.3, 0.4) is 0 Å². The predicted octanol–water partition coefficient (Wildman–Crippen LogP) is 3.48. The van der Waals surface area contributed by atoms with Crippen LogP contribution in [0.25, 0.3) is 11.1 Å². The molecule has 2 aromatic carbocycles. The molecular formula is C16H16N2. The molecule has 2 nitrogen and oxygen atoms in total. The summed E-state index contributed by atoms with van der Waals surface area (Å²) < 4.78 is 0. The number of rotatable bonds is 3. The van der Waals surface area contributed by atoms with Crippen LogP contribution >= 0.6 is 0 Å². The molecule has 2 aromatic rings. The summed E-state index contributed by atoms with van der Waals surface area (Å²) in [6.07, 6.45) is 0. The summed E-state index contributed by atoms with van der Waals surface area (Å²) >= 11 is 0. The predicted molar refractivity (Wildman–Crippen MR) is 73.9 cm³/mol. The zero-order valence-corrected chi connectivity index (χ0v) is 10.7. The van der Waals surface area contributed by atoms with E-state index in [1.165, 1.54) is 11.1 Å². The zero-order valence-electron chi connectivity index (χ0n) is 10.7. The Labute approximate surface area is 108 Å². The van der Waals surface area contributed by atoms with E-state index in [-0.39, 0.29) is 6.04 Å². The highest BCUT2D eigenvalue weighted by Gasteiger charge is 2.12. The normalized spacial score (nSPS) is 12.1. The summed E-state index contributed by atoms with van der Waals surface area (Å²) in [5.41, 5.74) is 3.40. The van der Waals surface area contributed by atoms with Gasteiger partial charge in [-0.15, -0.1) is 0 Å². The second-order valence-corrected chi connectivity index (χ2v) is 4.48. The maximum absolute atomic E-state index is 9.14. The van der Waals surface area contributed by atoms with Crippen LogP contribution in [-0.2, 0) is 0 Å². The van der Waals surface area contributed by atoms with Gasteiger partial charge in [0.25, 0.3) is 0 Å². The van der Waals surface area contributed by atoms with Gasteiger partial charge < -0.3 is 0 Å². The first kappa shape index (κ1) is 12.3. The van der Waals surface area contributed by atoms with E-state index >= 15 is 0 Å². The Morgan fingerprint density at radius 1 is 0.889 bits per heavy atom. The van der Waals surface area contributed by atoms with E-state index in [1.54, 1.807) is 0 Å². The molecule has 0 N–H and O–H groups in total. The van der Waals surface area contributed by atoms with Gasteiger partial charge in [0.15, 0.2) is 0 Å². The van der Waals surface area contributed by atoms with Crippen molar-refractivity contribution in [3.8, 4) is 17.2 Å². The summed E-state index contributed by atoms with van der Waals surface area (Å²) in [6, 6.07) is 20.5. The number of hydrogen-bond donors (Lipinski definition) is 0. The molecule has 0 saturated heterocycles. The molecule has 18 heavy (non-hydrogen) atoms. The van der Waals surface area contributed by atoms with Gasteiger partial charge in [0.2, 0.25) is 0 Å². The fraction of sp³-hybridized carbons (Fsp3) is 0.188. The summed E-state index contributed by atoms with van der Waals surface area (Å²) in [7, 11) is 3.83. The first-order valence-electron chi connectivity index (χ1n) is 5.94. The minimum Gasteiger partial charge on any atom is -0.291 e. The van der Waals surface area contributed by atoms with E-state index in [9.17, 15) is 0 Å². The Hall–Kier alpha value is -2.11. The first-order chi connectivity index (χ1) is 8.72. The van der Waals surface area contributed by atoms with E-state index in [1.807, 2.05) is 49.3 Å². The van der Waals surface area contributed by atoms with Crippen molar-refractivity contribution < 1.29 is 0 Å². The highest BCUT2D eigenvalue weighted by Crippen LogP contribution is 2.23. The molecule has 0 amide bonds. The SMILES string of the molecule is CN(C)C(C#N)c1ccc(-c2ccccc2)cc1. The molecule has 2 heteroatoms. The average Bonchev–Trinajstić information content (AvgIpc) is 2.41. The topological polar surface area (TPSA) is 27.0 Å². The van der Waals surface area contributed by atoms with E-state index < -0.39 is 0 Å². The Bertz CT molecular complexity index is 536. The second kappa shape index (κ2) is 5.48. The van der Waals surface area contributed by atoms with Crippen molar-refractivity contribution >= 4 is 0 Å². The lowest BCUT2D eigenvalue weighted by atomic mass is 10.0. The third kappa shape index (κ3) is 2.58. The molecule has 0 saturated carbocycles. The Morgan fingerprint density at radius 2 is 1.44 bits per heavy atom. The van der Waals surface area contributed by atoms with Gasteiger partial charge in [-0.25, -0.2) is 0 Å².